The molecule has 3 nitrogen and oxygen atoms in total. The lowest BCUT2D eigenvalue weighted by Crippen LogP contribution is -2.51. The predicted molar refractivity (Wildman–Crippen MR) is 71.0 cm³/mol. The van der Waals surface area contributed by atoms with Gasteiger partial charge in [0.1, 0.15) is 5.75 Å². The molecule has 2 aliphatic rings. The Bertz CT molecular complexity index is 438. The van der Waals surface area contributed by atoms with Gasteiger partial charge < -0.3 is 15.2 Å². The maximum atomic E-state index is 6.45. The minimum Gasteiger partial charge on any atom is -0.497 e. The Labute approximate surface area is 108 Å². The van der Waals surface area contributed by atoms with Crippen LogP contribution in [0.4, 0.5) is 0 Å². The van der Waals surface area contributed by atoms with E-state index in [1.165, 1.54) is 11.1 Å². The Balaban J connectivity index is 2.09. The Morgan fingerprint density at radius 3 is 2.83 bits per heavy atom. The summed E-state index contributed by atoms with van der Waals surface area (Å²) in [5.41, 5.74) is 9.42. The molecule has 98 valence electrons. The Hall–Kier alpha value is -1.06. The molecule has 3 rings (SSSR count). The largest absolute Gasteiger partial charge is 0.497 e. The van der Waals surface area contributed by atoms with E-state index in [4.69, 9.17) is 15.2 Å². The topological polar surface area (TPSA) is 44.5 Å². The highest BCUT2D eigenvalue weighted by molar-refractivity contribution is 5.44. The van der Waals surface area contributed by atoms with Crippen LogP contribution in [0.25, 0.3) is 0 Å². The van der Waals surface area contributed by atoms with Crippen LogP contribution < -0.4 is 10.5 Å². The maximum absolute atomic E-state index is 6.45. The Kier molecular flexibility index (Phi) is 3.04. The molecule has 2 N–H and O–H groups in total. The number of rotatable bonds is 1. The van der Waals surface area contributed by atoms with Gasteiger partial charge in [-0.05, 0) is 48.9 Å². The van der Waals surface area contributed by atoms with Gasteiger partial charge in [-0.15, -0.1) is 0 Å². The molecule has 1 unspecified atom stereocenters. The van der Waals surface area contributed by atoms with Crippen molar-refractivity contribution in [3.63, 3.8) is 0 Å². The fraction of sp³-hybridized carbons (Fsp3) is 0.600. The van der Waals surface area contributed by atoms with Crippen molar-refractivity contribution >= 4 is 0 Å². The highest BCUT2D eigenvalue weighted by atomic mass is 16.5. The number of hydrogen-bond acceptors (Lipinski definition) is 3. The molecule has 0 radical (unpaired) electrons. The van der Waals surface area contributed by atoms with Gasteiger partial charge in [0, 0.05) is 24.7 Å². The summed E-state index contributed by atoms with van der Waals surface area (Å²) < 4.78 is 10.9. The lowest BCUT2D eigenvalue weighted by molar-refractivity contribution is 0.0359. The summed E-state index contributed by atoms with van der Waals surface area (Å²) in [7, 11) is 1.72. The van der Waals surface area contributed by atoms with E-state index in [-0.39, 0.29) is 11.5 Å². The summed E-state index contributed by atoms with van der Waals surface area (Å²) in [6.07, 6.45) is 4.24. The maximum Gasteiger partial charge on any atom is 0.119 e. The van der Waals surface area contributed by atoms with Crippen molar-refractivity contribution in [1.29, 1.82) is 0 Å². The number of ether oxygens (including phenoxy) is 2. The van der Waals surface area contributed by atoms with Gasteiger partial charge in [-0.2, -0.15) is 0 Å². The monoisotopic (exact) mass is 247 g/mol. The van der Waals surface area contributed by atoms with Crippen LogP contribution in [0.3, 0.4) is 0 Å². The summed E-state index contributed by atoms with van der Waals surface area (Å²) in [4.78, 5) is 0. The first-order valence-corrected chi connectivity index (χ1v) is 6.77. The highest BCUT2D eigenvalue weighted by Gasteiger charge is 2.43. The van der Waals surface area contributed by atoms with Crippen molar-refractivity contribution in [2.45, 2.75) is 37.1 Å². The second-order valence-electron chi connectivity index (χ2n) is 5.44. The smallest absolute Gasteiger partial charge is 0.119 e. The molecule has 18 heavy (non-hydrogen) atoms. The van der Waals surface area contributed by atoms with Crippen molar-refractivity contribution in [1.82, 2.24) is 0 Å². The summed E-state index contributed by atoms with van der Waals surface area (Å²) in [6.45, 7) is 1.65. The first-order valence-electron chi connectivity index (χ1n) is 6.77. The zero-order chi connectivity index (χ0) is 12.6. The summed E-state index contributed by atoms with van der Waals surface area (Å²) in [5, 5.41) is 0. The second-order valence-corrected chi connectivity index (χ2v) is 5.44. The van der Waals surface area contributed by atoms with Gasteiger partial charge in [-0.3, -0.25) is 0 Å². The molecule has 3 heteroatoms. The van der Waals surface area contributed by atoms with Gasteiger partial charge in [-0.25, -0.2) is 0 Å². The van der Waals surface area contributed by atoms with Crippen molar-refractivity contribution in [2.75, 3.05) is 20.3 Å². The molecule has 0 amide bonds. The molecule has 1 aromatic rings. The lowest BCUT2D eigenvalue weighted by atomic mass is 9.63. The van der Waals surface area contributed by atoms with Crippen LogP contribution in [0.15, 0.2) is 18.2 Å². The third-order valence-electron chi connectivity index (χ3n) is 4.67. The Morgan fingerprint density at radius 2 is 2.11 bits per heavy atom. The third kappa shape index (κ3) is 1.73. The molecular weight excluding hydrogens is 226 g/mol. The molecule has 1 aliphatic carbocycles. The van der Waals surface area contributed by atoms with E-state index in [1.807, 2.05) is 0 Å². The molecule has 1 spiro atoms. The lowest BCUT2D eigenvalue weighted by Gasteiger charge is -2.46. The molecule has 0 saturated carbocycles. The minimum atomic E-state index is 0.111. The van der Waals surface area contributed by atoms with Gasteiger partial charge >= 0.3 is 0 Å². The van der Waals surface area contributed by atoms with E-state index in [0.717, 1.165) is 44.6 Å². The van der Waals surface area contributed by atoms with E-state index in [9.17, 15) is 0 Å². The molecule has 1 saturated heterocycles. The van der Waals surface area contributed by atoms with E-state index >= 15 is 0 Å². The van der Waals surface area contributed by atoms with Gasteiger partial charge in [0.05, 0.1) is 7.11 Å². The van der Waals surface area contributed by atoms with Crippen LogP contribution in [0.2, 0.25) is 0 Å². The average molecular weight is 247 g/mol. The predicted octanol–water partition coefficient (Wildman–Crippen LogP) is 2.02. The molecular formula is C15H21NO2. The average Bonchev–Trinajstić information content (AvgIpc) is 2.44. The summed E-state index contributed by atoms with van der Waals surface area (Å²) in [5.74, 6) is 0.939. The van der Waals surface area contributed by atoms with Gasteiger partial charge in [0.25, 0.3) is 0 Å². The fourth-order valence-corrected chi connectivity index (χ4v) is 3.53. The minimum absolute atomic E-state index is 0.111. The number of benzene rings is 1. The molecule has 1 heterocycles. The van der Waals surface area contributed by atoms with Crippen LogP contribution in [0.5, 0.6) is 5.75 Å². The molecule has 1 aliphatic heterocycles. The van der Waals surface area contributed by atoms with Crippen molar-refractivity contribution in [2.24, 2.45) is 5.73 Å². The molecule has 1 aromatic carbocycles. The normalized spacial score (nSPS) is 25.8. The molecule has 1 atom stereocenters. The zero-order valence-electron chi connectivity index (χ0n) is 10.9. The van der Waals surface area contributed by atoms with Crippen LogP contribution in [0, 0.1) is 0 Å². The second kappa shape index (κ2) is 4.56. The third-order valence-corrected chi connectivity index (χ3v) is 4.67. The first kappa shape index (κ1) is 12.0. The van der Waals surface area contributed by atoms with E-state index in [0.29, 0.717) is 0 Å². The zero-order valence-corrected chi connectivity index (χ0v) is 10.9. The number of hydrogen-bond donors (Lipinski definition) is 1. The number of aryl methyl sites for hydroxylation is 1. The Morgan fingerprint density at radius 1 is 1.33 bits per heavy atom. The number of fused-ring (bicyclic) bond motifs is 2. The van der Waals surface area contributed by atoms with E-state index in [2.05, 4.69) is 18.2 Å². The fourth-order valence-electron chi connectivity index (χ4n) is 3.53. The first-order chi connectivity index (χ1) is 8.76. The summed E-state index contributed by atoms with van der Waals surface area (Å²) in [6, 6.07) is 6.71. The SMILES string of the molecule is COc1ccc2c(c1)C1(CCOCC1)C(N)CC2. The quantitative estimate of drug-likeness (QED) is 0.825. The number of methoxy groups -OCH3 is 1. The van der Waals surface area contributed by atoms with E-state index < -0.39 is 0 Å². The summed E-state index contributed by atoms with van der Waals surface area (Å²) >= 11 is 0. The van der Waals surface area contributed by atoms with E-state index in [1.54, 1.807) is 7.11 Å². The molecule has 1 fully saturated rings. The standard InChI is InChI=1S/C15H21NO2/c1-17-12-4-2-11-3-5-14(16)15(13(11)10-12)6-8-18-9-7-15/h2,4,10,14H,3,5-9,16H2,1H3. The van der Waals surface area contributed by atoms with Crippen LogP contribution in [-0.4, -0.2) is 26.4 Å². The van der Waals surface area contributed by atoms with Gasteiger partial charge in [0.15, 0.2) is 0 Å². The van der Waals surface area contributed by atoms with Crippen LogP contribution in [-0.2, 0) is 16.6 Å². The van der Waals surface area contributed by atoms with Gasteiger partial charge in [-0.1, -0.05) is 6.07 Å². The number of nitrogens with two attached hydrogens (primary N) is 1. The van der Waals surface area contributed by atoms with Gasteiger partial charge in [0.2, 0.25) is 0 Å². The van der Waals surface area contributed by atoms with Crippen LogP contribution >= 0.6 is 0 Å². The van der Waals surface area contributed by atoms with Crippen molar-refractivity contribution < 1.29 is 9.47 Å². The van der Waals surface area contributed by atoms with Crippen molar-refractivity contribution in [3.05, 3.63) is 29.3 Å². The van der Waals surface area contributed by atoms with Crippen LogP contribution in [0.1, 0.15) is 30.4 Å². The highest BCUT2D eigenvalue weighted by Crippen LogP contribution is 2.44. The van der Waals surface area contributed by atoms with Crippen molar-refractivity contribution in [3.8, 4) is 5.75 Å². The molecule has 0 bridgehead atoms. The molecule has 0 aromatic heterocycles.